The first-order valence-corrected chi connectivity index (χ1v) is 6.64. The van der Waals surface area contributed by atoms with Crippen molar-refractivity contribution in [3.05, 3.63) is 47.7 Å². The van der Waals surface area contributed by atoms with Crippen LogP contribution in [0.1, 0.15) is 11.1 Å². The van der Waals surface area contributed by atoms with Gasteiger partial charge in [-0.25, -0.2) is 4.79 Å². The molecule has 2 amide bonds. The highest BCUT2D eigenvalue weighted by molar-refractivity contribution is 5.98. The van der Waals surface area contributed by atoms with Gasteiger partial charge in [-0.05, 0) is 49.2 Å². The number of amides is 2. The second-order valence-corrected chi connectivity index (χ2v) is 4.85. The molecule has 0 aliphatic carbocycles. The number of rotatable bonds is 3. The molecule has 2 heterocycles. The van der Waals surface area contributed by atoms with E-state index < -0.39 is 6.03 Å². The van der Waals surface area contributed by atoms with Crippen molar-refractivity contribution in [2.45, 2.75) is 13.8 Å². The number of furan rings is 1. The van der Waals surface area contributed by atoms with Crippen molar-refractivity contribution in [3.63, 3.8) is 0 Å². The Bertz CT molecular complexity index is 773. The largest absolute Gasteiger partial charge is 0.459 e. The van der Waals surface area contributed by atoms with E-state index in [0.717, 1.165) is 11.1 Å². The molecule has 0 unspecified atom stereocenters. The standard InChI is InChI=1S/C15H14N4O3/c1-9-6-10(2)8-11(7-9)16-14(20)17-15-19-18-13(22-15)12-4-3-5-21-12/h3-8H,1-2H3,(H2,16,17,19,20). The molecule has 1 aromatic carbocycles. The zero-order valence-electron chi connectivity index (χ0n) is 12.1. The van der Waals surface area contributed by atoms with E-state index in [1.54, 1.807) is 12.1 Å². The summed E-state index contributed by atoms with van der Waals surface area (Å²) in [5.74, 6) is 0.641. The van der Waals surface area contributed by atoms with Crippen LogP contribution in [0.2, 0.25) is 0 Å². The van der Waals surface area contributed by atoms with Gasteiger partial charge in [-0.1, -0.05) is 11.2 Å². The second kappa shape index (κ2) is 5.72. The molecule has 7 nitrogen and oxygen atoms in total. The van der Waals surface area contributed by atoms with Crippen molar-refractivity contribution in [2.75, 3.05) is 10.6 Å². The van der Waals surface area contributed by atoms with Crippen LogP contribution in [-0.4, -0.2) is 16.2 Å². The molecule has 0 bridgehead atoms. The highest BCUT2D eigenvalue weighted by Crippen LogP contribution is 2.20. The SMILES string of the molecule is Cc1cc(C)cc(NC(=O)Nc2nnc(-c3ccco3)o2)c1. The third-order valence-electron chi connectivity index (χ3n) is 2.86. The van der Waals surface area contributed by atoms with Crippen molar-refractivity contribution in [1.82, 2.24) is 10.2 Å². The van der Waals surface area contributed by atoms with Gasteiger partial charge in [0.15, 0.2) is 5.76 Å². The fourth-order valence-electron chi connectivity index (χ4n) is 2.08. The number of aromatic nitrogens is 2. The molecule has 0 saturated carbocycles. The summed E-state index contributed by atoms with van der Waals surface area (Å²) >= 11 is 0. The normalized spacial score (nSPS) is 10.5. The Labute approximate surface area is 126 Å². The number of hydrogen-bond acceptors (Lipinski definition) is 5. The number of carbonyl (C=O) groups excluding carboxylic acids is 1. The molecular weight excluding hydrogens is 284 g/mol. The average Bonchev–Trinajstić information content (AvgIpc) is 3.07. The minimum absolute atomic E-state index is 0.00623. The number of benzene rings is 1. The molecule has 0 fully saturated rings. The van der Waals surface area contributed by atoms with Crippen LogP contribution in [0.5, 0.6) is 0 Å². The minimum atomic E-state index is -0.459. The summed E-state index contributed by atoms with van der Waals surface area (Å²) in [5, 5.41) is 12.7. The van der Waals surface area contributed by atoms with Gasteiger partial charge in [-0.3, -0.25) is 5.32 Å². The van der Waals surface area contributed by atoms with Gasteiger partial charge in [0, 0.05) is 5.69 Å². The van der Waals surface area contributed by atoms with E-state index in [1.807, 2.05) is 32.0 Å². The van der Waals surface area contributed by atoms with Crippen molar-refractivity contribution in [1.29, 1.82) is 0 Å². The Morgan fingerprint density at radius 1 is 1.09 bits per heavy atom. The van der Waals surface area contributed by atoms with E-state index in [1.165, 1.54) is 6.26 Å². The smallest absolute Gasteiger partial charge is 0.327 e. The highest BCUT2D eigenvalue weighted by atomic mass is 16.4. The average molecular weight is 298 g/mol. The van der Waals surface area contributed by atoms with Crippen LogP contribution >= 0.6 is 0 Å². The molecule has 0 aliphatic rings. The molecule has 22 heavy (non-hydrogen) atoms. The van der Waals surface area contributed by atoms with Crippen molar-refractivity contribution in [2.24, 2.45) is 0 Å². The molecule has 0 spiro atoms. The van der Waals surface area contributed by atoms with Crippen molar-refractivity contribution < 1.29 is 13.6 Å². The fourth-order valence-corrected chi connectivity index (χ4v) is 2.08. The van der Waals surface area contributed by atoms with E-state index in [0.29, 0.717) is 11.4 Å². The van der Waals surface area contributed by atoms with Crippen LogP contribution in [-0.2, 0) is 0 Å². The van der Waals surface area contributed by atoms with Gasteiger partial charge in [0.05, 0.1) is 6.26 Å². The van der Waals surface area contributed by atoms with E-state index in [-0.39, 0.29) is 11.9 Å². The summed E-state index contributed by atoms with van der Waals surface area (Å²) in [6.45, 7) is 3.92. The third kappa shape index (κ3) is 3.14. The fraction of sp³-hybridized carbons (Fsp3) is 0.133. The highest BCUT2D eigenvalue weighted by Gasteiger charge is 2.13. The second-order valence-electron chi connectivity index (χ2n) is 4.85. The number of nitrogens with one attached hydrogen (secondary N) is 2. The van der Waals surface area contributed by atoms with E-state index in [9.17, 15) is 4.79 Å². The molecule has 3 rings (SSSR count). The summed E-state index contributed by atoms with van der Waals surface area (Å²) in [6, 6.07) is 8.69. The summed E-state index contributed by atoms with van der Waals surface area (Å²) in [4.78, 5) is 11.9. The summed E-state index contributed by atoms with van der Waals surface area (Å²) in [7, 11) is 0. The van der Waals surface area contributed by atoms with E-state index in [4.69, 9.17) is 8.83 Å². The molecular formula is C15H14N4O3. The summed E-state index contributed by atoms with van der Waals surface area (Å²) in [5.41, 5.74) is 2.82. The molecule has 112 valence electrons. The molecule has 2 N–H and O–H groups in total. The lowest BCUT2D eigenvalue weighted by Crippen LogP contribution is -2.19. The van der Waals surface area contributed by atoms with Gasteiger partial charge in [0.1, 0.15) is 0 Å². The maximum atomic E-state index is 11.9. The Morgan fingerprint density at radius 2 is 1.86 bits per heavy atom. The molecule has 0 saturated heterocycles. The predicted octanol–water partition coefficient (Wildman–Crippen LogP) is 3.59. The van der Waals surface area contributed by atoms with E-state index in [2.05, 4.69) is 20.8 Å². The van der Waals surface area contributed by atoms with Gasteiger partial charge in [-0.15, -0.1) is 5.10 Å². The third-order valence-corrected chi connectivity index (χ3v) is 2.86. The lowest BCUT2D eigenvalue weighted by Gasteiger charge is -2.06. The van der Waals surface area contributed by atoms with Crippen LogP contribution < -0.4 is 10.6 Å². The maximum absolute atomic E-state index is 11.9. The van der Waals surface area contributed by atoms with Crippen molar-refractivity contribution >= 4 is 17.7 Å². The number of carbonyl (C=O) groups is 1. The summed E-state index contributed by atoms with van der Waals surface area (Å²) in [6.07, 6.45) is 1.50. The molecule has 0 radical (unpaired) electrons. The van der Waals surface area contributed by atoms with Crippen LogP contribution in [0.15, 0.2) is 45.4 Å². The maximum Gasteiger partial charge on any atom is 0.327 e. The van der Waals surface area contributed by atoms with Gasteiger partial charge in [-0.2, -0.15) is 0 Å². The van der Waals surface area contributed by atoms with Crippen molar-refractivity contribution in [3.8, 4) is 11.7 Å². The van der Waals surface area contributed by atoms with Gasteiger partial charge in [0.2, 0.25) is 0 Å². The number of nitrogens with zero attached hydrogens (tertiary/aromatic N) is 2. The van der Waals surface area contributed by atoms with E-state index >= 15 is 0 Å². The van der Waals surface area contributed by atoms with Gasteiger partial charge < -0.3 is 14.2 Å². The molecule has 0 atom stereocenters. The topological polar surface area (TPSA) is 93.2 Å². The first-order valence-electron chi connectivity index (χ1n) is 6.64. The zero-order chi connectivity index (χ0) is 15.5. The molecule has 7 heteroatoms. The van der Waals surface area contributed by atoms with Crippen LogP contribution in [0.4, 0.5) is 16.5 Å². The van der Waals surface area contributed by atoms with Crippen LogP contribution in [0.25, 0.3) is 11.7 Å². The van der Waals surface area contributed by atoms with Gasteiger partial charge >= 0.3 is 12.0 Å². The molecule has 2 aromatic heterocycles. The summed E-state index contributed by atoms with van der Waals surface area (Å²) < 4.78 is 10.4. The van der Waals surface area contributed by atoms with Crippen LogP contribution in [0, 0.1) is 13.8 Å². The Hall–Kier alpha value is -3.09. The molecule has 0 aliphatic heterocycles. The Kier molecular flexibility index (Phi) is 3.61. The number of aryl methyl sites for hydroxylation is 2. The number of anilines is 2. The first kappa shape index (κ1) is 13.9. The zero-order valence-corrected chi connectivity index (χ0v) is 12.1. The first-order chi connectivity index (χ1) is 10.6. The Morgan fingerprint density at radius 3 is 2.55 bits per heavy atom. The lowest BCUT2D eigenvalue weighted by atomic mass is 10.1. The minimum Gasteiger partial charge on any atom is -0.459 e. The van der Waals surface area contributed by atoms with Gasteiger partial charge in [0.25, 0.3) is 5.89 Å². The monoisotopic (exact) mass is 298 g/mol. The Balaban J connectivity index is 1.67. The lowest BCUT2D eigenvalue weighted by molar-refractivity contribution is 0.261. The molecule has 3 aromatic rings. The number of hydrogen-bond donors (Lipinski definition) is 2. The van der Waals surface area contributed by atoms with Crippen LogP contribution in [0.3, 0.4) is 0 Å². The quantitative estimate of drug-likeness (QED) is 0.770. The predicted molar refractivity (Wildman–Crippen MR) is 80.6 cm³/mol. The number of urea groups is 1.